The molecule has 0 saturated carbocycles. The van der Waals surface area contributed by atoms with Crippen molar-refractivity contribution in [2.75, 3.05) is 19.0 Å². The molecule has 10 heteroatoms. The Morgan fingerprint density at radius 1 is 1.24 bits per heavy atom. The van der Waals surface area contributed by atoms with Gasteiger partial charge in [0.2, 0.25) is 5.91 Å². The number of carbonyl (C=O) groups is 2. The van der Waals surface area contributed by atoms with E-state index >= 15 is 0 Å². The maximum absolute atomic E-state index is 13.1. The third-order valence-corrected chi connectivity index (χ3v) is 9.85. The minimum Gasteiger partial charge on any atom is -0.465 e. The number of hydrogen-bond donors (Lipinski definition) is 1. The summed E-state index contributed by atoms with van der Waals surface area (Å²) in [6.45, 7) is 0.309. The molecule has 3 heterocycles. The van der Waals surface area contributed by atoms with Gasteiger partial charge in [-0.25, -0.2) is 13.2 Å². The second-order valence-electron chi connectivity index (χ2n) is 7.10. The molecule has 2 aromatic heterocycles. The quantitative estimate of drug-likeness (QED) is 0.700. The summed E-state index contributed by atoms with van der Waals surface area (Å²) in [6.07, 6.45) is 4.78. The molecule has 1 fully saturated rings. The van der Waals surface area contributed by atoms with E-state index in [-0.39, 0.29) is 4.21 Å². The van der Waals surface area contributed by atoms with Crippen LogP contribution in [0.2, 0.25) is 0 Å². The number of hydrogen-bond acceptors (Lipinski definition) is 7. The fraction of sp³-hybridized carbons (Fsp3) is 0.474. The summed E-state index contributed by atoms with van der Waals surface area (Å²) in [5, 5.41) is 5.02. The van der Waals surface area contributed by atoms with Gasteiger partial charge in [0.15, 0.2) is 0 Å². The minimum absolute atomic E-state index is 0.235. The van der Waals surface area contributed by atoms with Crippen molar-refractivity contribution in [3.05, 3.63) is 33.5 Å². The van der Waals surface area contributed by atoms with Crippen LogP contribution in [0.3, 0.4) is 0 Å². The Morgan fingerprint density at radius 3 is 2.76 bits per heavy atom. The molecular formula is C19H22N2O5S3. The molecule has 0 radical (unpaired) electrons. The summed E-state index contributed by atoms with van der Waals surface area (Å²) in [6, 6.07) is 2.45. The number of thiophene rings is 2. The zero-order valence-electron chi connectivity index (χ0n) is 16.0. The van der Waals surface area contributed by atoms with Gasteiger partial charge < -0.3 is 10.1 Å². The lowest BCUT2D eigenvalue weighted by Crippen LogP contribution is -2.42. The van der Waals surface area contributed by atoms with Crippen molar-refractivity contribution in [3.8, 4) is 0 Å². The van der Waals surface area contributed by atoms with Crippen LogP contribution in [-0.2, 0) is 32.4 Å². The monoisotopic (exact) mass is 454 g/mol. The van der Waals surface area contributed by atoms with Gasteiger partial charge in [-0.05, 0) is 55.5 Å². The van der Waals surface area contributed by atoms with Gasteiger partial charge in [0.1, 0.15) is 15.3 Å². The smallest absolute Gasteiger partial charge is 0.341 e. The zero-order chi connectivity index (χ0) is 20.6. The first-order chi connectivity index (χ1) is 13.9. The highest BCUT2D eigenvalue weighted by Gasteiger charge is 2.40. The van der Waals surface area contributed by atoms with E-state index in [9.17, 15) is 18.0 Å². The van der Waals surface area contributed by atoms with E-state index < -0.39 is 27.9 Å². The number of methoxy groups -OCH3 is 1. The predicted molar refractivity (Wildman–Crippen MR) is 112 cm³/mol. The van der Waals surface area contributed by atoms with E-state index in [1.54, 1.807) is 17.5 Å². The molecule has 0 spiro atoms. The molecule has 1 amide bonds. The van der Waals surface area contributed by atoms with Crippen LogP contribution in [0.1, 0.15) is 46.5 Å². The maximum Gasteiger partial charge on any atom is 0.341 e. The Balaban J connectivity index is 1.61. The minimum atomic E-state index is -3.71. The summed E-state index contributed by atoms with van der Waals surface area (Å²) in [5.41, 5.74) is 1.38. The summed E-state index contributed by atoms with van der Waals surface area (Å²) in [4.78, 5) is 26.5. The van der Waals surface area contributed by atoms with Crippen molar-refractivity contribution < 1.29 is 22.7 Å². The zero-order valence-corrected chi connectivity index (χ0v) is 18.4. The normalized spacial score (nSPS) is 19.7. The predicted octanol–water partition coefficient (Wildman–Crippen LogP) is 3.27. The number of aryl methyl sites for hydroxylation is 1. The lowest BCUT2D eigenvalue weighted by molar-refractivity contribution is -0.119. The van der Waals surface area contributed by atoms with Gasteiger partial charge in [0.05, 0.1) is 12.7 Å². The molecular weight excluding hydrogens is 432 g/mol. The van der Waals surface area contributed by atoms with Crippen LogP contribution in [0.5, 0.6) is 0 Å². The number of rotatable bonds is 5. The Bertz CT molecular complexity index is 1030. The van der Waals surface area contributed by atoms with Gasteiger partial charge in [-0.2, -0.15) is 4.31 Å². The van der Waals surface area contributed by atoms with Crippen molar-refractivity contribution in [3.63, 3.8) is 0 Å². The number of carbonyl (C=O) groups excluding carboxylic acids is 2. The van der Waals surface area contributed by atoms with Crippen LogP contribution in [0, 0.1) is 0 Å². The van der Waals surface area contributed by atoms with Gasteiger partial charge in [-0.3, -0.25) is 4.79 Å². The Kier molecular flexibility index (Phi) is 5.78. The molecule has 1 N–H and O–H groups in total. The van der Waals surface area contributed by atoms with E-state index in [4.69, 9.17) is 4.74 Å². The first-order valence-electron chi connectivity index (χ1n) is 9.52. The fourth-order valence-electron chi connectivity index (χ4n) is 3.98. The molecule has 4 rings (SSSR count). The van der Waals surface area contributed by atoms with E-state index in [1.807, 2.05) is 0 Å². The molecule has 7 nitrogen and oxygen atoms in total. The summed E-state index contributed by atoms with van der Waals surface area (Å²) < 4.78 is 32.3. The van der Waals surface area contributed by atoms with Crippen molar-refractivity contribution in [1.29, 1.82) is 0 Å². The molecule has 1 atom stereocenters. The van der Waals surface area contributed by atoms with Crippen LogP contribution in [0.25, 0.3) is 0 Å². The topological polar surface area (TPSA) is 92.8 Å². The number of anilines is 1. The molecule has 0 unspecified atom stereocenters. The fourth-order valence-corrected chi connectivity index (χ4v) is 8.04. The van der Waals surface area contributed by atoms with Gasteiger partial charge in [-0.15, -0.1) is 22.7 Å². The maximum atomic E-state index is 13.1. The van der Waals surface area contributed by atoms with E-state index in [2.05, 4.69) is 5.32 Å². The number of amides is 1. The SMILES string of the molecule is COC(=O)c1c(NC(=O)[C@@H]2CCCN2S(=O)(=O)c2cccs2)sc2c1CCCC2. The first-order valence-corrected chi connectivity index (χ1v) is 12.7. The Labute approximate surface area is 177 Å². The van der Waals surface area contributed by atoms with Crippen LogP contribution < -0.4 is 5.32 Å². The lowest BCUT2D eigenvalue weighted by atomic mass is 9.95. The van der Waals surface area contributed by atoms with Crippen molar-refractivity contribution in [2.24, 2.45) is 0 Å². The van der Waals surface area contributed by atoms with Crippen molar-refractivity contribution in [1.82, 2.24) is 4.31 Å². The van der Waals surface area contributed by atoms with Crippen molar-refractivity contribution >= 4 is 49.6 Å². The summed E-state index contributed by atoms with van der Waals surface area (Å²) in [7, 11) is -2.39. The van der Waals surface area contributed by atoms with E-state index in [0.717, 1.165) is 47.5 Å². The third-order valence-electron chi connectivity index (χ3n) is 5.36. The highest BCUT2D eigenvalue weighted by atomic mass is 32.2. The molecule has 0 aromatic carbocycles. The van der Waals surface area contributed by atoms with Gasteiger partial charge in [-0.1, -0.05) is 6.07 Å². The molecule has 29 heavy (non-hydrogen) atoms. The molecule has 2 aliphatic rings. The second-order valence-corrected chi connectivity index (χ2v) is 11.3. The molecule has 1 aliphatic heterocycles. The summed E-state index contributed by atoms with van der Waals surface area (Å²) in [5.74, 6) is -0.861. The number of sulfonamides is 1. The van der Waals surface area contributed by atoms with Gasteiger partial charge in [0, 0.05) is 11.4 Å². The number of nitrogens with zero attached hydrogens (tertiary/aromatic N) is 1. The summed E-state index contributed by atoms with van der Waals surface area (Å²) >= 11 is 2.54. The molecule has 1 saturated heterocycles. The Morgan fingerprint density at radius 2 is 2.03 bits per heavy atom. The number of esters is 1. The molecule has 156 valence electrons. The van der Waals surface area contributed by atoms with Crippen LogP contribution in [-0.4, -0.2) is 44.3 Å². The second kappa shape index (κ2) is 8.17. The van der Waals surface area contributed by atoms with Crippen molar-refractivity contribution in [2.45, 2.75) is 48.8 Å². The average molecular weight is 455 g/mol. The van der Waals surface area contributed by atoms with E-state index in [0.29, 0.717) is 30.0 Å². The van der Waals surface area contributed by atoms with Crippen LogP contribution in [0.4, 0.5) is 5.00 Å². The number of ether oxygens (including phenoxy) is 1. The lowest BCUT2D eigenvalue weighted by Gasteiger charge is -2.22. The third kappa shape index (κ3) is 3.74. The number of nitrogens with one attached hydrogen (secondary N) is 1. The Hall–Kier alpha value is -1.75. The molecule has 2 aromatic rings. The van der Waals surface area contributed by atoms with E-state index in [1.165, 1.54) is 22.8 Å². The largest absolute Gasteiger partial charge is 0.465 e. The van der Waals surface area contributed by atoms with Crippen LogP contribution >= 0.6 is 22.7 Å². The standard InChI is InChI=1S/C19H22N2O5S3/c1-26-19(23)16-12-6-2-3-8-14(12)28-18(16)20-17(22)13-7-4-10-21(13)29(24,25)15-9-5-11-27-15/h5,9,11,13H,2-4,6-8,10H2,1H3,(H,20,22)/t13-/m0/s1. The van der Waals surface area contributed by atoms with Gasteiger partial charge in [0.25, 0.3) is 10.0 Å². The molecule has 0 bridgehead atoms. The highest BCUT2D eigenvalue weighted by Crippen LogP contribution is 2.39. The highest BCUT2D eigenvalue weighted by molar-refractivity contribution is 7.91. The van der Waals surface area contributed by atoms with Crippen LogP contribution in [0.15, 0.2) is 21.7 Å². The molecule has 1 aliphatic carbocycles. The van der Waals surface area contributed by atoms with Gasteiger partial charge >= 0.3 is 5.97 Å². The first kappa shape index (κ1) is 20.5. The average Bonchev–Trinajstić information content (AvgIpc) is 3.46. The number of fused-ring (bicyclic) bond motifs is 1.